The molecule has 0 bridgehead atoms. The van der Waals surface area contributed by atoms with Crippen molar-refractivity contribution in [2.45, 2.75) is 20.3 Å². The van der Waals surface area contributed by atoms with Crippen LogP contribution in [0.4, 0.5) is 0 Å². The summed E-state index contributed by atoms with van der Waals surface area (Å²) in [5.41, 5.74) is 0.215. The number of nitrogens with one attached hydrogen (secondary N) is 3. The fourth-order valence-electron chi connectivity index (χ4n) is 1.10. The molecule has 0 aliphatic carbocycles. The van der Waals surface area contributed by atoms with Crippen LogP contribution in [0, 0.1) is 5.92 Å². The zero-order chi connectivity index (χ0) is 12.7. The summed E-state index contributed by atoms with van der Waals surface area (Å²) in [5, 5.41) is 14.8. The van der Waals surface area contributed by atoms with Gasteiger partial charge in [-0.05, 0) is 5.92 Å². The SMILES string of the molecule is CC(C)CNC(=O)CCNC(=O)c1cn[nH]n1. The van der Waals surface area contributed by atoms with Gasteiger partial charge in [-0.25, -0.2) is 0 Å². The van der Waals surface area contributed by atoms with Gasteiger partial charge in [0.05, 0.1) is 6.20 Å². The fraction of sp³-hybridized carbons (Fsp3) is 0.600. The molecule has 0 aromatic carbocycles. The van der Waals surface area contributed by atoms with E-state index in [0.717, 1.165) is 0 Å². The number of nitrogens with zero attached hydrogens (tertiary/aromatic N) is 2. The summed E-state index contributed by atoms with van der Waals surface area (Å²) in [6.07, 6.45) is 1.59. The third-order valence-electron chi connectivity index (χ3n) is 1.99. The van der Waals surface area contributed by atoms with Crippen molar-refractivity contribution in [1.82, 2.24) is 26.0 Å². The summed E-state index contributed by atoms with van der Waals surface area (Å²) in [6.45, 7) is 4.98. The summed E-state index contributed by atoms with van der Waals surface area (Å²) in [7, 11) is 0. The fourth-order valence-corrected chi connectivity index (χ4v) is 1.10. The number of H-pyrrole nitrogens is 1. The second-order valence-electron chi connectivity index (χ2n) is 4.06. The molecule has 94 valence electrons. The monoisotopic (exact) mass is 239 g/mol. The minimum Gasteiger partial charge on any atom is -0.356 e. The molecule has 1 heterocycles. The average Bonchev–Trinajstić information content (AvgIpc) is 2.79. The molecule has 0 unspecified atom stereocenters. The van der Waals surface area contributed by atoms with E-state index in [0.29, 0.717) is 12.5 Å². The molecule has 17 heavy (non-hydrogen) atoms. The lowest BCUT2D eigenvalue weighted by Gasteiger charge is -2.07. The van der Waals surface area contributed by atoms with Gasteiger partial charge in [0.25, 0.3) is 5.91 Å². The van der Waals surface area contributed by atoms with E-state index in [2.05, 4.69) is 26.0 Å². The van der Waals surface area contributed by atoms with Crippen LogP contribution in [-0.2, 0) is 4.79 Å². The first-order valence-corrected chi connectivity index (χ1v) is 5.50. The van der Waals surface area contributed by atoms with Gasteiger partial charge in [0.2, 0.25) is 5.91 Å². The number of hydrogen-bond acceptors (Lipinski definition) is 4. The lowest BCUT2D eigenvalue weighted by atomic mass is 10.2. The van der Waals surface area contributed by atoms with E-state index >= 15 is 0 Å². The van der Waals surface area contributed by atoms with Crippen molar-refractivity contribution >= 4 is 11.8 Å². The number of aromatic amines is 1. The molecule has 7 nitrogen and oxygen atoms in total. The highest BCUT2D eigenvalue weighted by atomic mass is 16.2. The molecule has 7 heteroatoms. The maximum Gasteiger partial charge on any atom is 0.273 e. The molecule has 0 saturated carbocycles. The highest BCUT2D eigenvalue weighted by molar-refractivity contribution is 5.92. The van der Waals surface area contributed by atoms with Gasteiger partial charge in [-0.3, -0.25) is 9.59 Å². The largest absolute Gasteiger partial charge is 0.356 e. The molecule has 0 aliphatic rings. The van der Waals surface area contributed by atoms with Gasteiger partial charge in [-0.15, -0.1) is 0 Å². The van der Waals surface area contributed by atoms with Crippen molar-refractivity contribution in [3.05, 3.63) is 11.9 Å². The Kier molecular flexibility index (Phi) is 5.12. The Morgan fingerprint density at radius 3 is 2.76 bits per heavy atom. The maximum absolute atomic E-state index is 11.4. The van der Waals surface area contributed by atoms with Crippen LogP contribution in [0.2, 0.25) is 0 Å². The number of hydrogen-bond donors (Lipinski definition) is 3. The van der Waals surface area contributed by atoms with E-state index in [1.165, 1.54) is 6.20 Å². The molecule has 0 spiro atoms. The molecular weight excluding hydrogens is 222 g/mol. The van der Waals surface area contributed by atoms with Crippen molar-refractivity contribution in [1.29, 1.82) is 0 Å². The minimum atomic E-state index is -0.338. The minimum absolute atomic E-state index is 0.0702. The number of carbonyl (C=O) groups excluding carboxylic acids is 2. The van der Waals surface area contributed by atoms with Crippen molar-refractivity contribution in [2.24, 2.45) is 5.92 Å². The normalized spacial score (nSPS) is 10.3. The van der Waals surface area contributed by atoms with Crippen LogP contribution in [0.3, 0.4) is 0 Å². The van der Waals surface area contributed by atoms with E-state index in [1.54, 1.807) is 0 Å². The molecule has 2 amide bonds. The molecule has 0 saturated heterocycles. The van der Waals surface area contributed by atoms with E-state index in [-0.39, 0.29) is 30.5 Å². The summed E-state index contributed by atoms with van der Waals surface area (Å²) in [4.78, 5) is 22.7. The Balaban J connectivity index is 2.15. The number of rotatable bonds is 6. The second kappa shape index (κ2) is 6.62. The first-order chi connectivity index (χ1) is 8.09. The Morgan fingerprint density at radius 2 is 2.18 bits per heavy atom. The van der Waals surface area contributed by atoms with Crippen molar-refractivity contribution in [3.8, 4) is 0 Å². The Morgan fingerprint density at radius 1 is 1.41 bits per heavy atom. The predicted molar refractivity (Wildman–Crippen MR) is 61.2 cm³/mol. The maximum atomic E-state index is 11.4. The van der Waals surface area contributed by atoms with Crippen molar-refractivity contribution in [2.75, 3.05) is 13.1 Å². The molecule has 1 aromatic rings. The molecule has 0 aliphatic heterocycles. The Labute approximate surface area is 99.4 Å². The highest BCUT2D eigenvalue weighted by Gasteiger charge is 2.08. The van der Waals surface area contributed by atoms with Gasteiger partial charge in [0.15, 0.2) is 5.69 Å². The molecular formula is C10H17N5O2. The van der Waals surface area contributed by atoms with Crippen molar-refractivity contribution in [3.63, 3.8) is 0 Å². The van der Waals surface area contributed by atoms with Crippen LogP contribution >= 0.6 is 0 Å². The van der Waals surface area contributed by atoms with Gasteiger partial charge < -0.3 is 10.6 Å². The quantitative estimate of drug-likeness (QED) is 0.634. The van der Waals surface area contributed by atoms with Gasteiger partial charge >= 0.3 is 0 Å². The first-order valence-electron chi connectivity index (χ1n) is 5.50. The molecule has 3 N–H and O–H groups in total. The predicted octanol–water partition coefficient (Wildman–Crippen LogP) is -0.303. The van der Waals surface area contributed by atoms with Crippen LogP contribution in [0.5, 0.6) is 0 Å². The molecule has 0 fully saturated rings. The van der Waals surface area contributed by atoms with Crippen LogP contribution in [0.15, 0.2) is 6.20 Å². The Bertz CT molecular complexity index is 361. The number of aromatic nitrogens is 3. The first kappa shape index (κ1) is 13.1. The van der Waals surface area contributed by atoms with Gasteiger partial charge in [0, 0.05) is 19.5 Å². The average molecular weight is 239 g/mol. The lowest BCUT2D eigenvalue weighted by Crippen LogP contribution is -2.32. The zero-order valence-electron chi connectivity index (χ0n) is 9.99. The number of amides is 2. The third kappa shape index (κ3) is 5.10. The van der Waals surface area contributed by atoms with Gasteiger partial charge in [-0.1, -0.05) is 13.8 Å². The third-order valence-corrected chi connectivity index (χ3v) is 1.99. The summed E-state index contributed by atoms with van der Waals surface area (Å²) < 4.78 is 0. The summed E-state index contributed by atoms with van der Waals surface area (Å²) >= 11 is 0. The molecule has 0 radical (unpaired) electrons. The highest BCUT2D eigenvalue weighted by Crippen LogP contribution is 1.90. The van der Waals surface area contributed by atoms with E-state index < -0.39 is 0 Å². The molecule has 0 atom stereocenters. The van der Waals surface area contributed by atoms with Crippen LogP contribution in [-0.4, -0.2) is 40.3 Å². The van der Waals surface area contributed by atoms with Gasteiger partial charge in [0.1, 0.15) is 0 Å². The zero-order valence-corrected chi connectivity index (χ0v) is 9.99. The van der Waals surface area contributed by atoms with Crippen molar-refractivity contribution < 1.29 is 9.59 Å². The van der Waals surface area contributed by atoms with E-state index in [9.17, 15) is 9.59 Å². The lowest BCUT2D eigenvalue weighted by molar-refractivity contribution is -0.121. The van der Waals surface area contributed by atoms with E-state index in [1.807, 2.05) is 13.8 Å². The Hall–Kier alpha value is -1.92. The van der Waals surface area contributed by atoms with Crippen LogP contribution in [0.25, 0.3) is 0 Å². The summed E-state index contributed by atoms with van der Waals surface area (Å²) in [6, 6.07) is 0. The topological polar surface area (TPSA) is 99.8 Å². The molecule has 1 aromatic heterocycles. The van der Waals surface area contributed by atoms with Crippen LogP contribution in [0.1, 0.15) is 30.8 Å². The second-order valence-corrected chi connectivity index (χ2v) is 4.06. The standard InChI is InChI=1S/C10H17N5O2/c1-7(2)5-12-9(16)3-4-11-10(17)8-6-13-15-14-8/h6-7H,3-5H2,1-2H3,(H,11,17)(H,12,16)(H,13,14,15). The van der Waals surface area contributed by atoms with E-state index in [4.69, 9.17) is 0 Å². The van der Waals surface area contributed by atoms with Gasteiger partial charge in [-0.2, -0.15) is 15.4 Å². The smallest absolute Gasteiger partial charge is 0.273 e. The van der Waals surface area contributed by atoms with Crippen LogP contribution < -0.4 is 10.6 Å². The molecule has 1 rings (SSSR count). The number of carbonyl (C=O) groups is 2. The summed E-state index contributed by atoms with van der Waals surface area (Å²) in [5.74, 6) is 0.0123.